The van der Waals surface area contributed by atoms with Gasteiger partial charge < -0.3 is 10.6 Å². The summed E-state index contributed by atoms with van der Waals surface area (Å²) in [5, 5.41) is 8.75. The topological polar surface area (TPSA) is 95.9 Å². The van der Waals surface area contributed by atoms with Crippen LogP contribution in [0.15, 0.2) is 30.5 Å². The summed E-state index contributed by atoms with van der Waals surface area (Å²) in [5.41, 5.74) is 8.33. The molecule has 0 spiro atoms. The van der Waals surface area contributed by atoms with Crippen LogP contribution >= 0.6 is 0 Å². The van der Waals surface area contributed by atoms with Gasteiger partial charge in [-0.15, -0.1) is 0 Å². The average Bonchev–Trinajstić information content (AvgIpc) is 2.89. The predicted octanol–water partition coefficient (Wildman–Crippen LogP) is 1.09. The third-order valence-corrected chi connectivity index (χ3v) is 3.22. The van der Waals surface area contributed by atoms with Gasteiger partial charge in [0.15, 0.2) is 0 Å². The third kappa shape index (κ3) is 2.06. The number of aromatic nitrogens is 2. The molecule has 0 aliphatic carbocycles. The van der Waals surface area contributed by atoms with E-state index in [1.54, 1.807) is 35.4 Å². The minimum atomic E-state index is -0.0916. The molecule has 0 unspecified atom stereocenters. The Balaban J connectivity index is 1.81. The zero-order chi connectivity index (χ0) is 14.1. The molecule has 0 fully saturated rings. The lowest BCUT2D eigenvalue weighted by molar-refractivity contribution is 0.0750. The summed E-state index contributed by atoms with van der Waals surface area (Å²) in [4.78, 5) is 22.1. The van der Waals surface area contributed by atoms with E-state index >= 15 is 0 Å². The van der Waals surface area contributed by atoms with E-state index in [1.807, 2.05) is 6.07 Å². The number of nitrogens with zero attached hydrogens (tertiary/aromatic N) is 4. The van der Waals surface area contributed by atoms with Crippen LogP contribution in [-0.4, -0.2) is 20.8 Å². The summed E-state index contributed by atoms with van der Waals surface area (Å²) in [7, 11) is 0. The molecule has 20 heavy (non-hydrogen) atoms. The Hall–Kier alpha value is -2.94. The molecule has 1 aromatic carbocycles. The van der Waals surface area contributed by atoms with Crippen molar-refractivity contribution in [2.45, 2.75) is 13.1 Å². The smallest absolute Gasteiger partial charge is 0.254 e. The minimum absolute atomic E-state index is 0.0916. The second-order valence-electron chi connectivity index (χ2n) is 4.55. The standard InChI is InChI=1S/C14H11N5O/c15-5-9-1-3-10(4-2-9)13(20)19-7-11-6-17-14(16)18-12(11)8-19/h1-4,6H,7-8H2,(H2,16,17,18). The molecule has 0 saturated heterocycles. The maximum Gasteiger partial charge on any atom is 0.254 e. The fourth-order valence-corrected chi connectivity index (χ4v) is 2.18. The number of carbonyl (C=O) groups excluding carboxylic acids is 1. The predicted molar refractivity (Wildman–Crippen MR) is 71.2 cm³/mol. The molecule has 0 atom stereocenters. The fourth-order valence-electron chi connectivity index (χ4n) is 2.18. The molecule has 2 aromatic rings. The van der Waals surface area contributed by atoms with Crippen LogP contribution in [0.25, 0.3) is 0 Å². The van der Waals surface area contributed by atoms with Crippen molar-refractivity contribution in [2.75, 3.05) is 5.73 Å². The highest BCUT2D eigenvalue weighted by atomic mass is 16.2. The van der Waals surface area contributed by atoms with Gasteiger partial charge in [0, 0.05) is 23.9 Å². The van der Waals surface area contributed by atoms with Crippen LogP contribution in [0.2, 0.25) is 0 Å². The Morgan fingerprint density at radius 2 is 2.05 bits per heavy atom. The normalized spacial score (nSPS) is 12.8. The van der Waals surface area contributed by atoms with Crippen LogP contribution in [0.3, 0.4) is 0 Å². The van der Waals surface area contributed by atoms with E-state index in [1.165, 1.54) is 0 Å². The van der Waals surface area contributed by atoms with Crippen molar-refractivity contribution in [3.8, 4) is 6.07 Å². The fraction of sp³-hybridized carbons (Fsp3) is 0.143. The van der Waals surface area contributed by atoms with Crippen molar-refractivity contribution >= 4 is 11.9 Å². The molecule has 0 saturated carbocycles. The lowest BCUT2D eigenvalue weighted by Crippen LogP contribution is -2.25. The molecular weight excluding hydrogens is 254 g/mol. The Bertz CT molecular complexity index is 717. The number of nitriles is 1. The number of benzene rings is 1. The highest BCUT2D eigenvalue weighted by Gasteiger charge is 2.25. The number of nitrogens with two attached hydrogens (primary N) is 1. The van der Waals surface area contributed by atoms with E-state index in [0.717, 1.165) is 11.3 Å². The maximum atomic E-state index is 12.4. The van der Waals surface area contributed by atoms with Crippen LogP contribution in [0.4, 0.5) is 5.95 Å². The molecule has 1 aliphatic rings. The number of carbonyl (C=O) groups is 1. The van der Waals surface area contributed by atoms with Gasteiger partial charge in [-0.2, -0.15) is 5.26 Å². The van der Waals surface area contributed by atoms with Gasteiger partial charge in [-0.25, -0.2) is 9.97 Å². The van der Waals surface area contributed by atoms with Crippen molar-refractivity contribution < 1.29 is 4.79 Å². The summed E-state index contributed by atoms with van der Waals surface area (Å²) < 4.78 is 0. The third-order valence-electron chi connectivity index (χ3n) is 3.22. The summed E-state index contributed by atoms with van der Waals surface area (Å²) in [5.74, 6) is 0.127. The van der Waals surface area contributed by atoms with Crippen LogP contribution < -0.4 is 5.73 Å². The number of nitrogen functional groups attached to an aromatic ring is 1. The lowest BCUT2D eigenvalue weighted by atomic mass is 10.1. The first-order valence-electron chi connectivity index (χ1n) is 6.07. The first-order chi connectivity index (χ1) is 9.67. The molecule has 1 amide bonds. The van der Waals surface area contributed by atoms with Gasteiger partial charge in [0.2, 0.25) is 5.95 Å². The van der Waals surface area contributed by atoms with Crippen LogP contribution in [0, 0.1) is 11.3 Å². The van der Waals surface area contributed by atoms with Gasteiger partial charge >= 0.3 is 0 Å². The van der Waals surface area contributed by atoms with E-state index in [0.29, 0.717) is 24.2 Å². The highest BCUT2D eigenvalue weighted by molar-refractivity contribution is 5.94. The van der Waals surface area contributed by atoms with E-state index in [4.69, 9.17) is 11.0 Å². The van der Waals surface area contributed by atoms with Crippen LogP contribution in [-0.2, 0) is 13.1 Å². The highest BCUT2D eigenvalue weighted by Crippen LogP contribution is 2.22. The lowest BCUT2D eigenvalue weighted by Gasteiger charge is -2.14. The molecule has 3 rings (SSSR count). The number of anilines is 1. The van der Waals surface area contributed by atoms with E-state index in [-0.39, 0.29) is 11.9 Å². The van der Waals surface area contributed by atoms with E-state index in [2.05, 4.69) is 9.97 Å². The van der Waals surface area contributed by atoms with Crippen molar-refractivity contribution in [2.24, 2.45) is 0 Å². The Morgan fingerprint density at radius 1 is 1.30 bits per heavy atom. The molecule has 6 heteroatoms. The van der Waals surface area contributed by atoms with E-state index < -0.39 is 0 Å². The van der Waals surface area contributed by atoms with Gasteiger partial charge in [-0.1, -0.05) is 0 Å². The van der Waals surface area contributed by atoms with Gasteiger partial charge in [0.25, 0.3) is 5.91 Å². The number of hydrogen-bond acceptors (Lipinski definition) is 5. The number of fused-ring (bicyclic) bond motifs is 1. The molecule has 1 aromatic heterocycles. The molecule has 6 nitrogen and oxygen atoms in total. The Labute approximate surface area is 115 Å². The number of rotatable bonds is 1. The quantitative estimate of drug-likeness (QED) is 0.832. The minimum Gasteiger partial charge on any atom is -0.368 e. The molecule has 0 bridgehead atoms. The maximum absolute atomic E-state index is 12.4. The number of hydrogen-bond donors (Lipinski definition) is 1. The van der Waals surface area contributed by atoms with Crippen molar-refractivity contribution in [3.05, 3.63) is 52.8 Å². The molecule has 0 radical (unpaired) electrons. The molecule has 2 heterocycles. The van der Waals surface area contributed by atoms with Crippen LogP contribution in [0.1, 0.15) is 27.2 Å². The van der Waals surface area contributed by atoms with Gasteiger partial charge in [0.05, 0.1) is 23.9 Å². The Kier molecular flexibility index (Phi) is 2.80. The van der Waals surface area contributed by atoms with Crippen molar-refractivity contribution in [1.82, 2.24) is 14.9 Å². The second-order valence-corrected chi connectivity index (χ2v) is 4.55. The van der Waals surface area contributed by atoms with Gasteiger partial charge in [-0.3, -0.25) is 4.79 Å². The van der Waals surface area contributed by atoms with E-state index in [9.17, 15) is 4.79 Å². The Morgan fingerprint density at radius 3 is 2.75 bits per heavy atom. The molecular formula is C14H11N5O. The zero-order valence-corrected chi connectivity index (χ0v) is 10.6. The first kappa shape index (κ1) is 12.1. The summed E-state index contributed by atoms with van der Waals surface area (Å²) >= 11 is 0. The molecule has 2 N–H and O–H groups in total. The largest absolute Gasteiger partial charge is 0.368 e. The molecule has 98 valence electrons. The van der Waals surface area contributed by atoms with Crippen LogP contribution in [0.5, 0.6) is 0 Å². The molecule has 1 aliphatic heterocycles. The SMILES string of the molecule is N#Cc1ccc(C(=O)N2Cc3cnc(N)nc3C2)cc1. The van der Waals surface area contributed by atoms with Gasteiger partial charge in [-0.05, 0) is 24.3 Å². The summed E-state index contributed by atoms with van der Waals surface area (Å²) in [6.45, 7) is 0.912. The van der Waals surface area contributed by atoms with Gasteiger partial charge in [0.1, 0.15) is 0 Å². The first-order valence-corrected chi connectivity index (χ1v) is 6.07. The zero-order valence-electron chi connectivity index (χ0n) is 10.6. The average molecular weight is 265 g/mol. The number of amides is 1. The second kappa shape index (κ2) is 4.63. The monoisotopic (exact) mass is 265 g/mol. The van der Waals surface area contributed by atoms with Crippen molar-refractivity contribution in [3.63, 3.8) is 0 Å². The van der Waals surface area contributed by atoms with Crippen molar-refractivity contribution in [1.29, 1.82) is 5.26 Å². The summed E-state index contributed by atoms with van der Waals surface area (Å²) in [6, 6.07) is 8.61. The summed E-state index contributed by atoms with van der Waals surface area (Å²) in [6.07, 6.45) is 1.66.